The quantitative estimate of drug-likeness (QED) is 0.706. The molecular weight excluding hydrogens is 292 g/mol. The molecule has 0 radical (unpaired) electrons. The molecule has 3 N–H and O–H groups in total. The second-order valence-corrected chi connectivity index (χ2v) is 5.75. The maximum absolute atomic E-state index is 11.9. The van der Waals surface area contributed by atoms with Gasteiger partial charge in [-0.1, -0.05) is 6.07 Å². The summed E-state index contributed by atoms with van der Waals surface area (Å²) in [5.74, 6) is -1.44. The van der Waals surface area contributed by atoms with Crippen molar-refractivity contribution >= 4 is 35.2 Å². The van der Waals surface area contributed by atoms with E-state index in [1.165, 1.54) is 0 Å². The molecule has 1 aromatic rings. The first-order chi connectivity index (χ1) is 10.0. The Morgan fingerprint density at radius 2 is 2.00 bits per heavy atom. The molecule has 6 nitrogen and oxygen atoms in total. The third-order valence-electron chi connectivity index (χ3n) is 2.78. The highest BCUT2D eigenvalue weighted by Crippen LogP contribution is 2.20. The molecule has 1 fully saturated rings. The first-order valence-corrected chi connectivity index (χ1v) is 7.70. The summed E-state index contributed by atoms with van der Waals surface area (Å²) >= 11 is 1.03. The van der Waals surface area contributed by atoms with Crippen LogP contribution in [0.15, 0.2) is 24.3 Å². The Morgan fingerprint density at radius 3 is 2.67 bits per heavy atom. The Morgan fingerprint density at radius 1 is 1.24 bits per heavy atom. The molecule has 2 rings (SSSR count). The Hall–Kier alpha value is -2.02. The first kappa shape index (κ1) is 15.4. The van der Waals surface area contributed by atoms with Crippen LogP contribution in [0.1, 0.15) is 23.2 Å². The highest BCUT2D eigenvalue weighted by Gasteiger charge is 2.23. The van der Waals surface area contributed by atoms with E-state index in [9.17, 15) is 14.4 Å². The van der Waals surface area contributed by atoms with E-state index in [-0.39, 0.29) is 29.4 Å². The van der Waals surface area contributed by atoms with Gasteiger partial charge >= 0.3 is 5.97 Å². The molecule has 1 aromatic carbocycles. The lowest BCUT2D eigenvalue weighted by Gasteiger charge is -2.07. The zero-order valence-corrected chi connectivity index (χ0v) is 12.1. The number of anilines is 1. The van der Waals surface area contributed by atoms with E-state index >= 15 is 0 Å². The predicted octanol–water partition coefficient (Wildman–Crippen LogP) is 1.34. The number of nitrogens with one attached hydrogen (secondary N) is 2. The molecule has 2 amide bonds. The number of benzene rings is 1. The Kier molecular flexibility index (Phi) is 5.21. The van der Waals surface area contributed by atoms with Crippen molar-refractivity contribution in [1.29, 1.82) is 0 Å². The van der Waals surface area contributed by atoms with Crippen LogP contribution >= 0.6 is 11.8 Å². The van der Waals surface area contributed by atoms with Crippen molar-refractivity contribution in [3.8, 4) is 0 Å². The van der Waals surface area contributed by atoms with Crippen molar-refractivity contribution < 1.29 is 19.5 Å². The van der Waals surface area contributed by atoms with Crippen molar-refractivity contribution in [3.63, 3.8) is 0 Å². The summed E-state index contributed by atoms with van der Waals surface area (Å²) in [4.78, 5) is 33.9. The highest BCUT2D eigenvalue weighted by atomic mass is 32.2. The first-order valence-electron chi connectivity index (χ1n) is 6.55. The lowest BCUT2D eigenvalue weighted by atomic mass is 10.2. The molecule has 0 unspecified atom stereocenters. The van der Waals surface area contributed by atoms with E-state index in [2.05, 4.69) is 10.6 Å². The molecule has 0 atom stereocenters. The zero-order valence-electron chi connectivity index (χ0n) is 11.3. The molecule has 0 heterocycles. The van der Waals surface area contributed by atoms with Gasteiger partial charge in [0.05, 0.1) is 11.5 Å². The van der Waals surface area contributed by atoms with Crippen LogP contribution in [-0.2, 0) is 9.59 Å². The number of carbonyl (C=O) groups excluding carboxylic acids is 2. The molecule has 0 bridgehead atoms. The molecular formula is C14H16N2O4S. The van der Waals surface area contributed by atoms with Crippen LogP contribution in [0.2, 0.25) is 0 Å². The van der Waals surface area contributed by atoms with E-state index in [0.717, 1.165) is 24.6 Å². The number of hydrogen-bond acceptors (Lipinski definition) is 4. The van der Waals surface area contributed by atoms with Gasteiger partial charge in [-0.15, -0.1) is 11.8 Å². The van der Waals surface area contributed by atoms with Crippen LogP contribution in [-0.4, -0.2) is 40.4 Å². The lowest BCUT2D eigenvalue weighted by molar-refractivity contribution is -0.133. The van der Waals surface area contributed by atoms with Crippen LogP contribution in [0.4, 0.5) is 5.69 Å². The van der Waals surface area contributed by atoms with E-state index in [1.54, 1.807) is 24.3 Å². The van der Waals surface area contributed by atoms with Crippen LogP contribution in [0.3, 0.4) is 0 Å². The average molecular weight is 308 g/mol. The summed E-state index contributed by atoms with van der Waals surface area (Å²) in [5.41, 5.74) is 1.03. The van der Waals surface area contributed by atoms with Gasteiger partial charge < -0.3 is 15.7 Å². The van der Waals surface area contributed by atoms with E-state index in [4.69, 9.17) is 5.11 Å². The molecule has 0 aliphatic heterocycles. The van der Waals surface area contributed by atoms with Crippen molar-refractivity contribution in [2.45, 2.75) is 18.9 Å². The summed E-state index contributed by atoms with van der Waals surface area (Å²) in [6.45, 7) is 0. The summed E-state index contributed by atoms with van der Waals surface area (Å²) in [6.07, 6.45) is 2.03. The summed E-state index contributed by atoms with van der Waals surface area (Å²) in [7, 11) is 0. The number of aliphatic carboxylic acids is 1. The van der Waals surface area contributed by atoms with Gasteiger partial charge in [-0.25, -0.2) is 0 Å². The van der Waals surface area contributed by atoms with Gasteiger partial charge in [0.1, 0.15) is 0 Å². The summed E-state index contributed by atoms with van der Waals surface area (Å²) in [5, 5.41) is 14.0. The van der Waals surface area contributed by atoms with Gasteiger partial charge in [0.2, 0.25) is 5.91 Å². The number of thioether (sulfide) groups is 1. The third kappa shape index (κ3) is 5.47. The predicted molar refractivity (Wildman–Crippen MR) is 80.5 cm³/mol. The minimum absolute atomic E-state index is 0.0603. The van der Waals surface area contributed by atoms with Crippen molar-refractivity contribution in [2.24, 2.45) is 0 Å². The van der Waals surface area contributed by atoms with Gasteiger partial charge in [-0.3, -0.25) is 14.4 Å². The Balaban J connectivity index is 1.86. The van der Waals surface area contributed by atoms with Gasteiger partial charge in [-0.05, 0) is 31.0 Å². The van der Waals surface area contributed by atoms with E-state index in [1.807, 2.05) is 0 Å². The van der Waals surface area contributed by atoms with Crippen LogP contribution < -0.4 is 10.6 Å². The number of hydrogen-bond donors (Lipinski definition) is 3. The minimum atomic E-state index is -0.952. The topological polar surface area (TPSA) is 95.5 Å². The van der Waals surface area contributed by atoms with Crippen molar-refractivity contribution in [2.75, 3.05) is 16.8 Å². The molecule has 0 saturated heterocycles. The molecule has 1 aliphatic carbocycles. The van der Waals surface area contributed by atoms with Gasteiger partial charge in [0, 0.05) is 17.3 Å². The zero-order chi connectivity index (χ0) is 15.2. The van der Waals surface area contributed by atoms with Gasteiger partial charge in [-0.2, -0.15) is 0 Å². The lowest BCUT2D eigenvalue weighted by Crippen LogP contribution is -2.25. The number of carbonyl (C=O) groups is 3. The largest absolute Gasteiger partial charge is 0.481 e. The molecule has 21 heavy (non-hydrogen) atoms. The monoisotopic (exact) mass is 308 g/mol. The van der Waals surface area contributed by atoms with Gasteiger partial charge in [0.25, 0.3) is 5.91 Å². The van der Waals surface area contributed by atoms with Crippen LogP contribution in [0, 0.1) is 0 Å². The summed E-state index contributed by atoms with van der Waals surface area (Å²) in [6, 6.07) is 6.96. The maximum Gasteiger partial charge on any atom is 0.313 e. The Bertz CT molecular complexity index is 558. The van der Waals surface area contributed by atoms with E-state index < -0.39 is 5.97 Å². The second-order valence-electron chi connectivity index (χ2n) is 4.76. The van der Waals surface area contributed by atoms with Gasteiger partial charge in [0.15, 0.2) is 0 Å². The van der Waals surface area contributed by atoms with Crippen molar-refractivity contribution in [3.05, 3.63) is 29.8 Å². The normalized spacial score (nSPS) is 13.5. The van der Waals surface area contributed by atoms with Crippen LogP contribution in [0.5, 0.6) is 0 Å². The fourth-order valence-corrected chi connectivity index (χ4v) is 2.20. The molecule has 1 saturated carbocycles. The average Bonchev–Trinajstić information content (AvgIpc) is 3.22. The molecule has 112 valence electrons. The highest BCUT2D eigenvalue weighted by molar-refractivity contribution is 8.00. The fourth-order valence-electron chi connectivity index (χ4n) is 1.66. The number of amides is 2. The number of carboxylic acids is 1. The number of rotatable bonds is 7. The second kappa shape index (κ2) is 7.12. The number of carboxylic acid groups (broad SMARTS) is 1. The molecule has 7 heteroatoms. The van der Waals surface area contributed by atoms with Crippen LogP contribution in [0.25, 0.3) is 0 Å². The smallest absolute Gasteiger partial charge is 0.313 e. The molecule has 0 aromatic heterocycles. The SMILES string of the molecule is O=C(O)CSCC(=O)Nc1cccc(C(=O)NC2CC2)c1. The van der Waals surface area contributed by atoms with E-state index in [0.29, 0.717) is 11.3 Å². The molecule has 1 aliphatic rings. The third-order valence-corrected chi connectivity index (χ3v) is 3.70. The minimum Gasteiger partial charge on any atom is -0.481 e. The summed E-state index contributed by atoms with van der Waals surface area (Å²) < 4.78 is 0. The van der Waals surface area contributed by atoms with Crippen molar-refractivity contribution in [1.82, 2.24) is 5.32 Å². The fraction of sp³-hybridized carbons (Fsp3) is 0.357. The molecule has 0 spiro atoms. The maximum atomic E-state index is 11.9. The standard InChI is InChI=1S/C14H16N2O4S/c17-12(7-21-8-13(18)19)15-11-3-1-2-9(6-11)14(20)16-10-4-5-10/h1-3,6,10H,4-5,7-8H2,(H,15,17)(H,16,20)(H,18,19). The Labute approximate surface area is 126 Å².